The molecule has 0 fully saturated rings. The number of rotatable bonds is 38. The second-order valence-electron chi connectivity index (χ2n) is 12.1. The number of benzene rings is 1. The topological polar surface area (TPSA) is 166 Å². The number of nitrogens with one attached hydrogen (secondary N) is 1. The van der Waals surface area contributed by atoms with Crippen LogP contribution in [0.15, 0.2) is 30.3 Å². The molecule has 0 radical (unpaired) electrons. The standard InChI is InChI=1S/C37H65NO15/c1-37(2,3)53-35(39)9-11-41-13-15-43-17-19-45-21-23-47-25-27-49-29-31-51-32-30-50-28-26-48-24-22-46-20-18-44-16-14-42-12-10-38-36(40)52-33-34-7-5-4-6-8-34/h4-8H,9-33H2,1-3H3,(H,38,40). The molecule has 0 bridgehead atoms. The highest BCUT2D eigenvalue weighted by molar-refractivity contribution is 5.69. The fourth-order valence-electron chi connectivity index (χ4n) is 3.85. The van der Waals surface area contributed by atoms with Gasteiger partial charge in [0.1, 0.15) is 12.2 Å². The maximum Gasteiger partial charge on any atom is 0.407 e. The molecule has 0 aliphatic carbocycles. The van der Waals surface area contributed by atoms with Crippen LogP contribution in [0, 0.1) is 0 Å². The molecule has 0 aromatic heterocycles. The first kappa shape index (κ1) is 48.5. The van der Waals surface area contributed by atoms with E-state index in [1.54, 1.807) is 0 Å². The molecule has 1 aromatic rings. The SMILES string of the molecule is CC(C)(C)OC(=O)CCOCCOCCOCCOCCOCCOCCOCCOCCOCCOCCOCCNC(=O)OCc1ccccc1. The monoisotopic (exact) mass is 763 g/mol. The summed E-state index contributed by atoms with van der Waals surface area (Å²) in [6.45, 7) is 16.1. The van der Waals surface area contributed by atoms with Gasteiger partial charge in [0.25, 0.3) is 0 Å². The van der Waals surface area contributed by atoms with Gasteiger partial charge in [0.05, 0.1) is 152 Å². The number of hydrogen-bond acceptors (Lipinski definition) is 15. The first-order valence-corrected chi connectivity index (χ1v) is 18.4. The quantitative estimate of drug-likeness (QED) is 0.0772. The summed E-state index contributed by atoms with van der Waals surface area (Å²) in [5.74, 6) is -0.269. The number of amides is 1. The fraction of sp³-hybridized carbons (Fsp3) is 0.784. The van der Waals surface area contributed by atoms with E-state index < -0.39 is 11.7 Å². The van der Waals surface area contributed by atoms with Crippen LogP contribution in [-0.4, -0.2) is 170 Å². The molecule has 0 atom stereocenters. The largest absolute Gasteiger partial charge is 0.460 e. The number of carbonyl (C=O) groups excluding carboxylic acids is 2. The normalized spacial score (nSPS) is 11.5. The van der Waals surface area contributed by atoms with Crippen LogP contribution < -0.4 is 5.32 Å². The van der Waals surface area contributed by atoms with Crippen molar-refractivity contribution in [2.45, 2.75) is 39.4 Å². The number of ether oxygens (including phenoxy) is 13. The molecule has 1 aromatic carbocycles. The van der Waals surface area contributed by atoms with Crippen molar-refractivity contribution in [1.29, 1.82) is 0 Å². The first-order valence-electron chi connectivity index (χ1n) is 18.4. The van der Waals surface area contributed by atoms with E-state index in [4.69, 9.17) is 61.6 Å². The van der Waals surface area contributed by atoms with Crippen LogP contribution >= 0.6 is 0 Å². The van der Waals surface area contributed by atoms with Crippen molar-refractivity contribution in [2.24, 2.45) is 0 Å². The lowest BCUT2D eigenvalue weighted by atomic mass is 10.2. The second kappa shape index (κ2) is 36.5. The minimum atomic E-state index is -0.479. The van der Waals surface area contributed by atoms with Gasteiger partial charge < -0.3 is 66.9 Å². The van der Waals surface area contributed by atoms with Gasteiger partial charge in [-0.2, -0.15) is 0 Å². The van der Waals surface area contributed by atoms with Crippen LogP contribution in [-0.2, 0) is 73.0 Å². The molecule has 53 heavy (non-hydrogen) atoms. The van der Waals surface area contributed by atoms with Crippen LogP contribution in [0.5, 0.6) is 0 Å². The van der Waals surface area contributed by atoms with Crippen LogP contribution in [0.25, 0.3) is 0 Å². The van der Waals surface area contributed by atoms with Gasteiger partial charge in [-0.05, 0) is 26.3 Å². The van der Waals surface area contributed by atoms with E-state index in [9.17, 15) is 9.59 Å². The van der Waals surface area contributed by atoms with E-state index in [1.165, 1.54) is 0 Å². The average molecular weight is 764 g/mol. The molecule has 0 saturated carbocycles. The van der Waals surface area contributed by atoms with E-state index in [1.807, 2.05) is 51.1 Å². The summed E-state index contributed by atoms with van der Waals surface area (Å²) in [5, 5.41) is 2.64. The van der Waals surface area contributed by atoms with Crippen molar-refractivity contribution < 1.29 is 71.2 Å². The van der Waals surface area contributed by atoms with Gasteiger partial charge in [0, 0.05) is 6.54 Å². The molecule has 0 unspecified atom stereocenters. The van der Waals surface area contributed by atoms with E-state index in [-0.39, 0.29) is 19.0 Å². The Morgan fingerprint density at radius 1 is 0.472 bits per heavy atom. The number of esters is 1. The van der Waals surface area contributed by atoms with Crippen molar-refractivity contribution in [3.63, 3.8) is 0 Å². The Labute approximate surface area is 315 Å². The predicted octanol–water partition coefficient (Wildman–Crippen LogP) is 2.83. The summed E-state index contributed by atoms with van der Waals surface area (Å²) in [7, 11) is 0. The molecule has 0 aliphatic heterocycles. The summed E-state index contributed by atoms with van der Waals surface area (Å²) < 4.78 is 70.3. The summed E-state index contributed by atoms with van der Waals surface area (Å²) in [5.41, 5.74) is 0.455. The Kier molecular flexibility index (Phi) is 33.4. The Bertz CT molecular complexity index is 952. The lowest BCUT2D eigenvalue weighted by molar-refractivity contribution is -0.156. The van der Waals surface area contributed by atoms with Crippen LogP contribution in [0.1, 0.15) is 32.8 Å². The van der Waals surface area contributed by atoms with Gasteiger partial charge in [0.15, 0.2) is 0 Å². The van der Waals surface area contributed by atoms with E-state index in [0.29, 0.717) is 152 Å². The summed E-state index contributed by atoms with van der Waals surface area (Å²) in [6, 6.07) is 9.49. The molecule has 308 valence electrons. The van der Waals surface area contributed by atoms with E-state index >= 15 is 0 Å². The maximum absolute atomic E-state index is 11.6. The molecule has 1 N–H and O–H groups in total. The fourth-order valence-corrected chi connectivity index (χ4v) is 3.85. The Morgan fingerprint density at radius 3 is 1.13 bits per heavy atom. The summed E-state index contributed by atoms with van der Waals surface area (Å²) in [6.07, 6.45) is -0.246. The molecule has 1 rings (SSSR count). The van der Waals surface area contributed by atoms with Gasteiger partial charge in [0.2, 0.25) is 0 Å². The van der Waals surface area contributed by atoms with Crippen molar-refractivity contribution in [1.82, 2.24) is 5.32 Å². The van der Waals surface area contributed by atoms with Gasteiger partial charge in [-0.15, -0.1) is 0 Å². The molecule has 0 aliphatic rings. The molecular formula is C37H65NO15. The van der Waals surface area contributed by atoms with Gasteiger partial charge >= 0.3 is 12.1 Å². The van der Waals surface area contributed by atoms with Crippen LogP contribution in [0.4, 0.5) is 4.79 Å². The Balaban J connectivity index is 1.64. The Morgan fingerprint density at radius 2 is 0.792 bits per heavy atom. The van der Waals surface area contributed by atoms with Crippen LogP contribution in [0.3, 0.4) is 0 Å². The zero-order valence-corrected chi connectivity index (χ0v) is 32.2. The highest BCUT2D eigenvalue weighted by atomic mass is 16.6. The molecule has 1 amide bonds. The van der Waals surface area contributed by atoms with E-state index in [2.05, 4.69) is 5.32 Å². The highest BCUT2D eigenvalue weighted by Crippen LogP contribution is 2.08. The molecule has 0 heterocycles. The third-order valence-electron chi connectivity index (χ3n) is 6.32. The average Bonchev–Trinajstić information content (AvgIpc) is 3.13. The molecule has 0 spiro atoms. The summed E-state index contributed by atoms with van der Waals surface area (Å²) in [4.78, 5) is 23.2. The van der Waals surface area contributed by atoms with E-state index in [0.717, 1.165) is 5.56 Å². The Hall–Kier alpha value is -2.48. The van der Waals surface area contributed by atoms with Crippen molar-refractivity contribution in [3.8, 4) is 0 Å². The smallest absolute Gasteiger partial charge is 0.407 e. The third-order valence-corrected chi connectivity index (χ3v) is 6.32. The zero-order valence-electron chi connectivity index (χ0n) is 32.2. The molecular weight excluding hydrogens is 698 g/mol. The van der Waals surface area contributed by atoms with Gasteiger partial charge in [-0.3, -0.25) is 4.79 Å². The number of hydrogen-bond donors (Lipinski definition) is 1. The highest BCUT2D eigenvalue weighted by Gasteiger charge is 2.15. The third kappa shape index (κ3) is 37.6. The second-order valence-corrected chi connectivity index (χ2v) is 12.1. The molecule has 16 heteroatoms. The predicted molar refractivity (Wildman–Crippen MR) is 194 cm³/mol. The lowest BCUT2D eigenvalue weighted by Gasteiger charge is -2.19. The minimum Gasteiger partial charge on any atom is -0.460 e. The zero-order chi connectivity index (χ0) is 38.3. The van der Waals surface area contributed by atoms with Crippen LogP contribution in [0.2, 0.25) is 0 Å². The number of carbonyl (C=O) groups is 2. The molecule has 16 nitrogen and oxygen atoms in total. The molecule has 0 saturated heterocycles. The summed E-state index contributed by atoms with van der Waals surface area (Å²) >= 11 is 0. The first-order chi connectivity index (χ1) is 25.9. The minimum absolute atomic E-state index is 0.227. The van der Waals surface area contributed by atoms with Crippen molar-refractivity contribution in [3.05, 3.63) is 35.9 Å². The van der Waals surface area contributed by atoms with Gasteiger partial charge in [-0.1, -0.05) is 30.3 Å². The number of alkyl carbamates (subject to hydrolysis) is 1. The van der Waals surface area contributed by atoms with Crippen molar-refractivity contribution in [2.75, 3.05) is 152 Å². The van der Waals surface area contributed by atoms with Crippen molar-refractivity contribution >= 4 is 12.1 Å². The lowest BCUT2D eigenvalue weighted by Crippen LogP contribution is -2.28. The van der Waals surface area contributed by atoms with Gasteiger partial charge in [-0.25, -0.2) is 4.79 Å². The maximum atomic E-state index is 11.6.